The molecule has 0 aliphatic heterocycles. The fourth-order valence-electron chi connectivity index (χ4n) is 3.98. The largest absolute Gasteiger partial charge is 0.488 e. The molecule has 4 rings (SSSR count). The summed E-state index contributed by atoms with van der Waals surface area (Å²) < 4.78 is 6.61. The van der Waals surface area contributed by atoms with Crippen LogP contribution in [0.3, 0.4) is 0 Å². The molecule has 31 heavy (non-hydrogen) atoms. The number of ether oxygens (including phenoxy) is 1. The summed E-state index contributed by atoms with van der Waals surface area (Å²) in [5.74, 6) is 0.975. The standard InChI is InChI=1S/C30H30O/c1-4-8-26-19-20-28(25-15-11-22(2)12-16-25)30(31-21-24-9-6-5-7-10-24)29(26)27-17-13-23(3)14-18-27/h5-7,9-20H,4,8,21H2,1-3H3. The number of hydrogen-bond acceptors (Lipinski definition) is 1. The second kappa shape index (κ2) is 9.66. The highest BCUT2D eigenvalue weighted by Crippen LogP contribution is 2.42. The molecule has 0 saturated carbocycles. The molecule has 0 aromatic heterocycles. The summed E-state index contributed by atoms with van der Waals surface area (Å²) in [6, 6.07) is 32.5. The molecule has 0 amide bonds. The van der Waals surface area contributed by atoms with Crippen molar-refractivity contribution in [2.24, 2.45) is 0 Å². The molecule has 0 aliphatic carbocycles. The molecule has 0 radical (unpaired) electrons. The summed E-state index contributed by atoms with van der Waals surface area (Å²) in [6.45, 7) is 7.04. The summed E-state index contributed by atoms with van der Waals surface area (Å²) in [7, 11) is 0. The zero-order chi connectivity index (χ0) is 21.6. The Morgan fingerprint density at radius 1 is 0.645 bits per heavy atom. The Kier molecular flexibility index (Phi) is 6.52. The Labute approximate surface area is 186 Å². The maximum atomic E-state index is 6.61. The van der Waals surface area contributed by atoms with E-state index in [4.69, 9.17) is 4.74 Å². The van der Waals surface area contributed by atoms with E-state index in [1.165, 1.54) is 38.9 Å². The van der Waals surface area contributed by atoms with E-state index in [2.05, 4.69) is 106 Å². The summed E-state index contributed by atoms with van der Waals surface area (Å²) in [4.78, 5) is 0. The van der Waals surface area contributed by atoms with Gasteiger partial charge in [-0.3, -0.25) is 0 Å². The topological polar surface area (TPSA) is 9.23 Å². The van der Waals surface area contributed by atoms with Crippen LogP contribution in [0, 0.1) is 13.8 Å². The Morgan fingerprint density at radius 3 is 1.87 bits per heavy atom. The molecule has 4 aromatic rings. The number of hydrogen-bond donors (Lipinski definition) is 0. The lowest BCUT2D eigenvalue weighted by Crippen LogP contribution is -2.02. The molecule has 0 atom stereocenters. The third-order valence-corrected chi connectivity index (χ3v) is 5.69. The minimum Gasteiger partial charge on any atom is -0.488 e. The van der Waals surface area contributed by atoms with Crippen LogP contribution in [-0.2, 0) is 13.0 Å². The van der Waals surface area contributed by atoms with Crippen LogP contribution < -0.4 is 4.74 Å². The summed E-state index contributed by atoms with van der Waals surface area (Å²) >= 11 is 0. The summed E-state index contributed by atoms with van der Waals surface area (Å²) in [5, 5.41) is 0. The van der Waals surface area contributed by atoms with Crippen molar-refractivity contribution < 1.29 is 4.74 Å². The molecule has 0 bridgehead atoms. The fraction of sp³-hybridized carbons (Fsp3) is 0.200. The normalized spacial score (nSPS) is 10.8. The predicted octanol–water partition coefficient (Wildman–Crippen LogP) is 8.17. The van der Waals surface area contributed by atoms with E-state index in [1.807, 2.05) is 6.07 Å². The van der Waals surface area contributed by atoms with Crippen LogP contribution >= 0.6 is 0 Å². The third kappa shape index (κ3) is 4.88. The van der Waals surface area contributed by atoms with Crippen molar-refractivity contribution in [1.82, 2.24) is 0 Å². The van der Waals surface area contributed by atoms with Crippen LogP contribution in [0.25, 0.3) is 22.3 Å². The van der Waals surface area contributed by atoms with Crippen molar-refractivity contribution in [3.8, 4) is 28.0 Å². The highest BCUT2D eigenvalue weighted by atomic mass is 16.5. The first-order valence-corrected chi connectivity index (χ1v) is 11.1. The van der Waals surface area contributed by atoms with Crippen molar-refractivity contribution in [3.63, 3.8) is 0 Å². The first-order chi connectivity index (χ1) is 15.2. The molecule has 156 valence electrons. The van der Waals surface area contributed by atoms with Crippen LogP contribution in [0.1, 0.15) is 35.6 Å². The Balaban J connectivity index is 1.88. The van der Waals surface area contributed by atoms with Crippen LogP contribution in [0.5, 0.6) is 5.75 Å². The molecule has 0 fully saturated rings. The SMILES string of the molecule is CCCc1ccc(-c2ccc(C)cc2)c(OCc2ccccc2)c1-c1ccc(C)cc1. The summed E-state index contributed by atoms with van der Waals surface area (Å²) in [6.07, 6.45) is 2.12. The molecule has 1 nitrogen and oxygen atoms in total. The van der Waals surface area contributed by atoms with E-state index in [0.29, 0.717) is 6.61 Å². The predicted molar refractivity (Wildman–Crippen MR) is 132 cm³/mol. The second-order valence-corrected chi connectivity index (χ2v) is 8.23. The van der Waals surface area contributed by atoms with Gasteiger partial charge in [0.1, 0.15) is 12.4 Å². The molecular weight excluding hydrogens is 376 g/mol. The van der Waals surface area contributed by atoms with Crippen LogP contribution in [0.4, 0.5) is 0 Å². The van der Waals surface area contributed by atoms with Gasteiger partial charge in [-0.2, -0.15) is 0 Å². The number of aryl methyl sites for hydroxylation is 3. The van der Waals surface area contributed by atoms with Crippen LogP contribution in [0.15, 0.2) is 91.0 Å². The third-order valence-electron chi connectivity index (χ3n) is 5.69. The molecular formula is C30H30O. The molecule has 1 heteroatoms. The molecule has 0 saturated heterocycles. The van der Waals surface area contributed by atoms with Gasteiger partial charge >= 0.3 is 0 Å². The lowest BCUT2D eigenvalue weighted by molar-refractivity contribution is 0.308. The quantitative estimate of drug-likeness (QED) is 0.301. The van der Waals surface area contributed by atoms with Gasteiger partial charge in [0.15, 0.2) is 0 Å². The maximum Gasteiger partial charge on any atom is 0.135 e. The first-order valence-electron chi connectivity index (χ1n) is 11.1. The highest BCUT2D eigenvalue weighted by molar-refractivity contribution is 5.85. The Bertz CT molecular complexity index is 1120. The van der Waals surface area contributed by atoms with Crippen molar-refractivity contribution in [2.75, 3.05) is 0 Å². The minimum absolute atomic E-state index is 0.550. The fourth-order valence-corrected chi connectivity index (χ4v) is 3.98. The number of rotatable bonds is 7. The van der Waals surface area contributed by atoms with Gasteiger partial charge in [0.25, 0.3) is 0 Å². The van der Waals surface area contributed by atoms with Gasteiger partial charge in [0.05, 0.1) is 0 Å². The monoisotopic (exact) mass is 406 g/mol. The summed E-state index contributed by atoms with van der Waals surface area (Å²) in [5.41, 5.74) is 9.80. The second-order valence-electron chi connectivity index (χ2n) is 8.23. The lowest BCUT2D eigenvalue weighted by Gasteiger charge is -2.20. The molecule has 0 spiro atoms. The van der Waals surface area contributed by atoms with Gasteiger partial charge in [-0.25, -0.2) is 0 Å². The van der Waals surface area contributed by atoms with Gasteiger partial charge in [-0.15, -0.1) is 0 Å². The van der Waals surface area contributed by atoms with Gasteiger partial charge in [0.2, 0.25) is 0 Å². The van der Waals surface area contributed by atoms with E-state index in [0.717, 1.165) is 24.2 Å². The van der Waals surface area contributed by atoms with E-state index >= 15 is 0 Å². The molecule has 4 aromatic carbocycles. The van der Waals surface area contributed by atoms with E-state index in [-0.39, 0.29) is 0 Å². The zero-order valence-electron chi connectivity index (χ0n) is 18.7. The molecule has 0 aliphatic rings. The first kappa shape index (κ1) is 20.9. The van der Waals surface area contributed by atoms with Crippen LogP contribution in [0.2, 0.25) is 0 Å². The Hall–Kier alpha value is -3.32. The molecule has 0 N–H and O–H groups in total. The van der Waals surface area contributed by atoms with Gasteiger partial charge in [-0.1, -0.05) is 115 Å². The van der Waals surface area contributed by atoms with Crippen LogP contribution in [-0.4, -0.2) is 0 Å². The van der Waals surface area contributed by atoms with E-state index < -0.39 is 0 Å². The minimum atomic E-state index is 0.550. The average molecular weight is 407 g/mol. The van der Waals surface area contributed by atoms with E-state index in [9.17, 15) is 0 Å². The highest BCUT2D eigenvalue weighted by Gasteiger charge is 2.18. The molecule has 0 heterocycles. The van der Waals surface area contributed by atoms with E-state index in [1.54, 1.807) is 0 Å². The average Bonchev–Trinajstić information content (AvgIpc) is 2.80. The number of benzene rings is 4. The van der Waals surface area contributed by atoms with Gasteiger partial charge < -0.3 is 4.74 Å². The van der Waals surface area contributed by atoms with Crippen molar-refractivity contribution >= 4 is 0 Å². The maximum absolute atomic E-state index is 6.61. The van der Waals surface area contributed by atoms with Crippen molar-refractivity contribution in [3.05, 3.63) is 113 Å². The lowest BCUT2D eigenvalue weighted by atomic mass is 9.90. The smallest absolute Gasteiger partial charge is 0.135 e. The van der Waals surface area contributed by atoms with Crippen molar-refractivity contribution in [1.29, 1.82) is 0 Å². The van der Waals surface area contributed by atoms with Gasteiger partial charge in [-0.05, 0) is 42.5 Å². The Morgan fingerprint density at radius 2 is 1.26 bits per heavy atom. The van der Waals surface area contributed by atoms with Crippen molar-refractivity contribution in [2.45, 2.75) is 40.2 Å². The van der Waals surface area contributed by atoms with Gasteiger partial charge in [0, 0.05) is 11.1 Å². The molecule has 0 unspecified atom stereocenters. The zero-order valence-corrected chi connectivity index (χ0v) is 18.7.